The largest absolute Gasteiger partial charge is 0.396 e. The molecular weight excluding hydrogens is 252 g/mol. The molecule has 1 saturated carbocycles. The van der Waals surface area contributed by atoms with Gasteiger partial charge in [-0.1, -0.05) is 25.3 Å². The number of anilines is 1. The lowest BCUT2D eigenvalue weighted by Crippen LogP contribution is -2.35. The van der Waals surface area contributed by atoms with E-state index in [9.17, 15) is 5.11 Å². The Kier molecular flexibility index (Phi) is 3.61. The molecule has 2 heterocycles. The molecule has 2 N–H and O–H groups in total. The number of hydrogen-bond donors (Lipinski definition) is 2. The van der Waals surface area contributed by atoms with Crippen molar-refractivity contribution in [3.05, 3.63) is 23.9 Å². The van der Waals surface area contributed by atoms with E-state index in [0.29, 0.717) is 5.95 Å². The third-order valence-electron chi connectivity index (χ3n) is 4.43. The zero-order valence-electron chi connectivity index (χ0n) is 12.0. The third-order valence-corrected chi connectivity index (χ3v) is 4.43. The van der Waals surface area contributed by atoms with Crippen molar-refractivity contribution in [2.45, 2.75) is 39.0 Å². The van der Waals surface area contributed by atoms with Crippen LogP contribution in [0.5, 0.6) is 0 Å². The lowest BCUT2D eigenvalue weighted by Gasteiger charge is -2.35. The second kappa shape index (κ2) is 5.40. The first-order valence-electron chi connectivity index (χ1n) is 7.39. The van der Waals surface area contributed by atoms with Crippen LogP contribution in [-0.2, 0) is 0 Å². The number of nitrogens with zero attached hydrogens (tertiary/aromatic N) is 3. The molecule has 1 fully saturated rings. The monoisotopic (exact) mass is 274 g/mol. The standard InChI is InChI=1S/C15H22N4O/c1-12-6-5-9-19-13(12)17-14(18-19)16-10-15(11-20)7-3-2-4-8-15/h5-6,9,20H,2-4,7-8,10-11H2,1H3,(H,16,18). The summed E-state index contributed by atoms with van der Waals surface area (Å²) in [5.74, 6) is 0.651. The molecule has 0 unspecified atom stereocenters. The maximum Gasteiger partial charge on any atom is 0.243 e. The SMILES string of the molecule is Cc1cccn2nc(NCC3(CO)CCCCC3)nc12. The number of aliphatic hydroxyl groups excluding tert-OH is 1. The lowest BCUT2D eigenvalue weighted by molar-refractivity contribution is 0.0942. The van der Waals surface area contributed by atoms with Crippen LogP contribution in [0.1, 0.15) is 37.7 Å². The number of fused-ring (bicyclic) bond motifs is 1. The molecule has 2 aromatic rings. The van der Waals surface area contributed by atoms with E-state index < -0.39 is 0 Å². The summed E-state index contributed by atoms with van der Waals surface area (Å²) >= 11 is 0. The molecule has 2 aromatic heterocycles. The van der Waals surface area contributed by atoms with Crippen molar-refractivity contribution in [3.63, 3.8) is 0 Å². The number of aliphatic hydroxyl groups is 1. The molecule has 0 bridgehead atoms. The number of rotatable bonds is 4. The topological polar surface area (TPSA) is 62.5 Å². The summed E-state index contributed by atoms with van der Waals surface area (Å²) in [4.78, 5) is 4.52. The fraction of sp³-hybridized carbons (Fsp3) is 0.600. The molecule has 0 aliphatic heterocycles. The second-order valence-electron chi connectivity index (χ2n) is 5.97. The Morgan fingerprint density at radius 2 is 2.15 bits per heavy atom. The van der Waals surface area contributed by atoms with Crippen LogP contribution in [-0.4, -0.2) is 32.9 Å². The highest BCUT2D eigenvalue weighted by atomic mass is 16.3. The summed E-state index contributed by atoms with van der Waals surface area (Å²) in [7, 11) is 0. The van der Waals surface area contributed by atoms with Crippen LogP contribution in [0.15, 0.2) is 18.3 Å². The molecule has 0 spiro atoms. The van der Waals surface area contributed by atoms with E-state index >= 15 is 0 Å². The Morgan fingerprint density at radius 3 is 2.85 bits per heavy atom. The Hall–Kier alpha value is -1.62. The minimum atomic E-state index is 0.00474. The maximum atomic E-state index is 9.72. The van der Waals surface area contributed by atoms with Gasteiger partial charge in [-0.2, -0.15) is 4.98 Å². The number of hydrogen-bond acceptors (Lipinski definition) is 4. The molecule has 0 atom stereocenters. The number of pyridine rings is 1. The van der Waals surface area contributed by atoms with E-state index in [1.54, 1.807) is 4.52 Å². The zero-order valence-corrected chi connectivity index (χ0v) is 12.0. The van der Waals surface area contributed by atoms with Gasteiger partial charge < -0.3 is 10.4 Å². The molecular formula is C15H22N4O. The highest BCUT2D eigenvalue weighted by molar-refractivity contribution is 5.49. The highest BCUT2D eigenvalue weighted by Crippen LogP contribution is 2.35. The first-order chi connectivity index (χ1) is 9.72. The van der Waals surface area contributed by atoms with Gasteiger partial charge in [0.1, 0.15) is 0 Å². The fourth-order valence-electron chi connectivity index (χ4n) is 3.07. The molecule has 0 saturated heterocycles. The Balaban J connectivity index is 1.74. The van der Waals surface area contributed by atoms with Gasteiger partial charge in [-0.3, -0.25) is 0 Å². The molecule has 0 amide bonds. The van der Waals surface area contributed by atoms with Crippen molar-refractivity contribution in [1.29, 1.82) is 0 Å². The minimum Gasteiger partial charge on any atom is -0.396 e. The van der Waals surface area contributed by atoms with Crippen molar-refractivity contribution < 1.29 is 5.11 Å². The molecule has 1 aliphatic rings. The highest BCUT2D eigenvalue weighted by Gasteiger charge is 2.31. The molecule has 5 nitrogen and oxygen atoms in total. The maximum absolute atomic E-state index is 9.72. The Bertz CT molecular complexity index is 587. The van der Waals surface area contributed by atoms with Gasteiger partial charge in [-0.05, 0) is 31.4 Å². The van der Waals surface area contributed by atoms with Gasteiger partial charge in [0.2, 0.25) is 5.95 Å². The summed E-state index contributed by atoms with van der Waals surface area (Å²) in [6, 6.07) is 4.00. The van der Waals surface area contributed by atoms with Crippen molar-refractivity contribution in [3.8, 4) is 0 Å². The van der Waals surface area contributed by atoms with Crippen molar-refractivity contribution in [1.82, 2.24) is 14.6 Å². The van der Waals surface area contributed by atoms with Gasteiger partial charge in [0.15, 0.2) is 5.65 Å². The number of nitrogens with one attached hydrogen (secondary N) is 1. The van der Waals surface area contributed by atoms with Crippen LogP contribution in [0, 0.1) is 12.3 Å². The van der Waals surface area contributed by atoms with Crippen LogP contribution in [0.4, 0.5) is 5.95 Å². The van der Waals surface area contributed by atoms with Gasteiger partial charge in [-0.25, -0.2) is 4.52 Å². The molecule has 0 radical (unpaired) electrons. The van der Waals surface area contributed by atoms with E-state index in [0.717, 1.165) is 30.6 Å². The van der Waals surface area contributed by atoms with E-state index in [2.05, 4.69) is 15.4 Å². The normalized spacial score (nSPS) is 18.3. The fourth-order valence-corrected chi connectivity index (χ4v) is 3.07. The van der Waals surface area contributed by atoms with Crippen LogP contribution in [0.25, 0.3) is 5.65 Å². The summed E-state index contributed by atoms with van der Waals surface area (Å²) in [6.07, 6.45) is 7.78. The molecule has 108 valence electrons. The molecule has 20 heavy (non-hydrogen) atoms. The van der Waals surface area contributed by atoms with Gasteiger partial charge in [0.25, 0.3) is 0 Å². The lowest BCUT2D eigenvalue weighted by atomic mass is 9.74. The summed E-state index contributed by atoms with van der Waals surface area (Å²) < 4.78 is 1.80. The molecule has 3 rings (SSSR count). The zero-order chi connectivity index (χ0) is 14.0. The van der Waals surface area contributed by atoms with Crippen LogP contribution in [0.2, 0.25) is 0 Å². The molecule has 0 aromatic carbocycles. The smallest absolute Gasteiger partial charge is 0.243 e. The summed E-state index contributed by atoms with van der Waals surface area (Å²) in [5.41, 5.74) is 2.00. The molecule has 1 aliphatic carbocycles. The minimum absolute atomic E-state index is 0.00474. The second-order valence-corrected chi connectivity index (χ2v) is 5.97. The molecule has 5 heteroatoms. The van der Waals surface area contributed by atoms with Crippen molar-refractivity contribution in [2.24, 2.45) is 5.41 Å². The van der Waals surface area contributed by atoms with Gasteiger partial charge in [0, 0.05) is 18.2 Å². The Labute approximate surface area is 119 Å². The van der Waals surface area contributed by atoms with E-state index in [1.807, 2.05) is 25.3 Å². The first kappa shape index (κ1) is 13.4. The van der Waals surface area contributed by atoms with Crippen LogP contribution in [0.3, 0.4) is 0 Å². The van der Waals surface area contributed by atoms with E-state index in [4.69, 9.17) is 0 Å². The van der Waals surface area contributed by atoms with Crippen LogP contribution >= 0.6 is 0 Å². The predicted octanol–water partition coefficient (Wildman–Crippen LogP) is 2.39. The van der Waals surface area contributed by atoms with Crippen LogP contribution < -0.4 is 5.32 Å². The van der Waals surface area contributed by atoms with Gasteiger partial charge >= 0.3 is 0 Å². The van der Waals surface area contributed by atoms with Crippen molar-refractivity contribution in [2.75, 3.05) is 18.5 Å². The van der Waals surface area contributed by atoms with E-state index in [1.165, 1.54) is 19.3 Å². The quantitative estimate of drug-likeness (QED) is 0.898. The predicted molar refractivity (Wildman–Crippen MR) is 78.8 cm³/mol. The van der Waals surface area contributed by atoms with E-state index in [-0.39, 0.29) is 12.0 Å². The summed E-state index contributed by atoms with van der Waals surface area (Å²) in [5, 5.41) is 17.5. The Morgan fingerprint density at radius 1 is 1.35 bits per heavy atom. The number of aromatic nitrogens is 3. The number of aryl methyl sites for hydroxylation is 1. The summed E-state index contributed by atoms with van der Waals surface area (Å²) in [6.45, 7) is 3.02. The average molecular weight is 274 g/mol. The average Bonchev–Trinajstić information content (AvgIpc) is 2.91. The first-order valence-corrected chi connectivity index (χ1v) is 7.39. The van der Waals surface area contributed by atoms with Crippen molar-refractivity contribution >= 4 is 11.6 Å². The van der Waals surface area contributed by atoms with Gasteiger partial charge in [0.05, 0.1) is 6.61 Å². The van der Waals surface area contributed by atoms with Gasteiger partial charge in [-0.15, -0.1) is 5.10 Å². The third kappa shape index (κ3) is 2.50.